The molecule has 0 saturated carbocycles. The second-order valence-corrected chi connectivity index (χ2v) is 10.2. The molecule has 0 aromatic heterocycles. The molecule has 0 heterocycles. The van der Waals surface area contributed by atoms with Crippen LogP contribution in [0.5, 0.6) is 0 Å². The number of carbonyl (C=O) groups is 1. The third kappa shape index (κ3) is 7.28. The fraction of sp³-hybridized carbons (Fsp3) is 0.458. The highest BCUT2D eigenvalue weighted by Gasteiger charge is 2.24. The Hall–Kier alpha value is -2.94. The van der Waals surface area contributed by atoms with Crippen molar-refractivity contribution in [3.05, 3.63) is 69.3 Å². The molecule has 0 fully saturated rings. The van der Waals surface area contributed by atoms with Crippen LogP contribution in [0.25, 0.3) is 0 Å². The Labute approximate surface area is 196 Å². The zero-order valence-corrected chi connectivity index (χ0v) is 20.5. The first-order chi connectivity index (χ1) is 15.6. The molecule has 2 aromatic rings. The largest absolute Gasteiger partial charge is 0.352 e. The number of benzene rings is 2. The number of amides is 1. The average molecular weight is 476 g/mol. The van der Waals surface area contributed by atoms with E-state index >= 15 is 0 Å². The number of sulfonamides is 1. The number of nitro groups is 1. The normalized spacial score (nSPS) is 12.2. The molecule has 0 unspecified atom stereocenters. The van der Waals surface area contributed by atoms with Gasteiger partial charge in [0.15, 0.2) is 0 Å². The van der Waals surface area contributed by atoms with Gasteiger partial charge in [0.2, 0.25) is 10.0 Å². The van der Waals surface area contributed by atoms with E-state index < -0.39 is 14.9 Å². The molecule has 0 aliphatic carbocycles. The van der Waals surface area contributed by atoms with E-state index in [0.717, 1.165) is 36.2 Å². The predicted molar refractivity (Wildman–Crippen MR) is 131 cm³/mol. The van der Waals surface area contributed by atoms with E-state index in [1.807, 2.05) is 0 Å². The van der Waals surface area contributed by atoms with Crippen molar-refractivity contribution < 1.29 is 18.1 Å². The Morgan fingerprint density at radius 2 is 1.82 bits per heavy atom. The van der Waals surface area contributed by atoms with Crippen molar-refractivity contribution >= 4 is 27.3 Å². The lowest BCUT2D eigenvalue weighted by molar-refractivity contribution is -0.385. The van der Waals surface area contributed by atoms with Crippen LogP contribution in [0, 0.1) is 23.0 Å². The standard InChI is InChI=1S/C24H33N3O5S/c1-5-7-9-19(6-2)16-25-24(28)21-14-12-20(13-15-21)17-26(33(4,31)32)22-10-8-11-23(18(22)3)27(29)30/h8,10-15,19H,5-7,9,16-17H2,1-4H3,(H,25,28)/t19-/m1/s1. The Kier molecular flexibility index (Phi) is 9.40. The van der Waals surface area contributed by atoms with E-state index in [2.05, 4.69) is 19.2 Å². The van der Waals surface area contributed by atoms with E-state index in [-0.39, 0.29) is 29.4 Å². The SMILES string of the molecule is CCCC[C@@H](CC)CNC(=O)c1ccc(CN(c2cccc([N+](=O)[O-])c2C)S(C)(=O)=O)cc1. The maximum atomic E-state index is 12.5. The molecule has 0 radical (unpaired) electrons. The molecule has 33 heavy (non-hydrogen) atoms. The summed E-state index contributed by atoms with van der Waals surface area (Å²) in [6.45, 7) is 6.43. The molecule has 0 saturated heterocycles. The summed E-state index contributed by atoms with van der Waals surface area (Å²) >= 11 is 0. The van der Waals surface area contributed by atoms with Crippen molar-refractivity contribution in [2.45, 2.75) is 53.0 Å². The summed E-state index contributed by atoms with van der Waals surface area (Å²) in [6.07, 6.45) is 5.44. The van der Waals surface area contributed by atoms with E-state index in [0.29, 0.717) is 23.6 Å². The van der Waals surface area contributed by atoms with Crippen LogP contribution in [0.3, 0.4) is 0 Å². The minimum atomic E-state index is -3.70. The van der Waals surface area contributed by atoms with Gasteiger partial charge in [0.05, 0.1) is 29.0 Å². The Bertz CT molecular complexity index is 1070. The molecule has 180 valence electrons. The summed E-state index contributed by atoms with van der Waals surface area (Å²) in [5.74, 6) is 0.292. The number of hydrogen-bond donors (Lipinski definition) is 1. The number of rotatable bonds is 12. The van der Waals surface area contributed by atoms with Crippen LogP contribution in [-0.2, 0) is 16.6 Å². The first-order valence-electron chi connectivity index (χ1n) is 11.2. The zero-order valence-electron chi connectivity index (χ0n) is 19.7. The highest BCUT2D eigenvalue weighted by molar-refractivity contribution is 7.92. The van der Waals surface area contributed by atoms with Crippen molar-refractivity contribution in [1.82, 2.24) is 5.32 Å². The van der Waals surface area contributed by atoms with Gasteiger partial charge in [-0.05, 0) is 43.0 Å². The Morgan fingerprint density at radius 3 is 2.36 bits per heavy atom. The minimum absolute atomic E-state index is 0.00231. The van der Waals surface area contributed by atoms with Crippen molar-refractivity contribution in [3.63, 3.8) is 0 Å². The van der Waals surface area contributed by atoms with Crippen molar-refractivity contribution in [3.8, 4) is 0 Å². The van der Waals surface area contributed by atoms with Gasteiger partial charge in [-0.15, -0.1) is 0 Å². The fourth-order valence-corrected chi connectivity index (χ4v) is 4.61. The Balaban J connectivity index is 2.17. The maximum absolute atomic E-state index is 12.5. The van der Waals surface area contributed by atoms with Gasteiger partial charge in [-0.2, -0.15) is 0 Å². The molecule has 1 N–H and O–H groups in total. The average Bonchev–Trinajstić information content (AvgIpc) is 2.77. The lowest BCUT2D eigenvalue weighted by Crippen LogP contribution is -2.30. The van der Waals surface area contributed by atoms with E-state index in [1.54, 1.807) is 30.3 Å². The van der Waals surface area contributed by atoms with Gasteiger partial charge < -0.3 is 5.32 Å². The van der Waals surface area contributed by atoms with Crippen LogP contribution in [0.1, 0.15) is 61.0 Å². The summed E-state index contributed by atoms with van der Waals surface area (Å²) in [6, 6.07) is 11.1. The highest BCUT2D eigenvalue weighted by atomic mass is 32.2. The number of hydrogen-bond acceptors (Lipinski definition) is 5. The smallest absolute Gasteiger partial charge is 0.274 e. The van der Waals surface area contributed by atoms with Crippen LogP contribution < -0.4 is 9.62 Å². The van der Waals surface area contributed by atoms with Gasteiger partial charge in [-0.3, -0.25) is 19.2 Å². The molecular formula is C24H33N3O5S. The molecule has 2 aromatic carbocycles. The summed E-state index contributed by atoms with van der Waals surface area (Å²) in [7, 11) is -3.70. The van der Waals surface area contributed by atoms with Crippen LogP contribution in [-0.4, -0.2) is 32.0 Å². The van der Waals surface area contributed by atoms with Gasteiger partial charge in [0.1, 0.15) is 0 Å². The van der Waals surface area contributed by atoms with E-state index in [1.165, 1.54) is 19.1 Å². The molecule has 0 bridgehead atoms. The number of nitrogens with one attached hydrogen (secondary N) is 1. The summed E-state index contributed by atoms with van der Waals surface area (Å²) in [4.78, 5) is 23.3. The molecule has 2 rings (SSSR count). The monoisotopic (exact) mass is 475 g/mol. The second-order valence-electron chi connectivity index (χ2n) is 8.27. The van der Waals surface area contributed by atoms with Crippen LogP contribution in [0.15, 0.2) is 42.5 Å². The number of nitro benzene ring substituents is 1. The number of carbonyl (C=O) groups excluding carboxylic acids is 1. The maximum Gasteiger partial charge on any atom is 0.274 e. The summed E-state index contributed by atoms with van der Waals surface area (Å²) < 4.78 is 26.1. The zero-order chi connectivity index (χ0) is 24.6. The second kappa shape index (κ2) is 11.8. The molecule has 1 atom stereocenters. The molecule has 8 nitrogen and oxygen atoms in total. The molecular weight excluding hydrogens is 442 g/mol. The van der Waals surface area contributed by atoms with Crippen molar-refractivity contribution in [2.75, 3.05) is 17.1 Å². The van der Waals surface area contributed by atoms with Gasteiger partial charge in [-0.1, -0.05) is 51.3 Å². The highest BCUT2D eigenvalue weighted by Crippen LogP contribution is 2.31. The lowest BCUT2D eigenvalue weighted by atomic mass is 9.99. The minimum Gasteiger partial charge on any atom is -0.352 e. The number of unbranched alkanes of at least 4 members (excludes halogenated alkanes) is 1. The molecule has 0 aliphatic rings. The van der Waals surface area contributed by atoms with Crippen LogP contribution in [0.4, 0.5) is 11.4 Å². The topological polar surface area (TPSA) is 110 Å². The molecule has 0 spiro atoms. The van der Waals surface area contributed by atoms with Crippen LogP contribution in [0.2, 0.25) is 0 Å². The van der Waals surface area contributed by atoms with Crippen molar-refractivity contribution in [1.29, 1.82) is 0 Å². The first kappa shape index (κ1) is 26.3. The third-order valence-electron chi connectivity index (χ3n) is 5.78. The quantitative estimate of drug-likeness (QED) is 0.350. The van der Waals surface area contributed by atoms with Gasteiger partial charge >= 0.3 is 0 Å². The van der Waals surface area contributed by atoms with Crippen molar-refractivity contribution in [2.24, 2.45) is 5.92 Å². The lowest BCUT2D eigenvalue weighted by Gasteiger charge is -2.24. The Morgan fingerprint density at radius 1 is 1.15 bits per heavy atom. The molecule has 0 aliphatic heterocycles. The van der Waals surface area contributed by atoms with Gasteiger partial charge in [0.25, 0.3) is 11.6 Å². The number of anilines is 1. The van der Waals surface area contributed by atoms with Crippen LogP contribution >= 0.6 is 0 Å². The fourth-order valence-electron chi connectivity index (χ4n) is 3.67. The molecule has 1 amide bonds. The predicted octanol–water partition coefficient (Wildman–Crippen LogP) is 4.82. The summed E-state index contributed by atoms with van der Waals surface area (Å²) in [5.41, 5.74) is 1.56. The van der Waals surface area contributed by atoms with E-state index in [9.17, 15) is 23.3 Å². The molecule has 9 heteroatoms. The summed E-state index contributed by atoms with van der Waals surface area (Å²) in [5, 5.41) is 14.3. The van der Waals surface area contributed by atoms with E-state index in [4.69, 9.17) is 0 Å². The van der Waals surface area contributed by atoms with Gasteiger partial charge in [0, 0.05) is 18.2 Å². The first-order valence-corrected chi connectivity index (χ1v) is 13.0. The third-order valence-corrected chi connectivity index (χ3v) is 6.91. The number of nitrogens with zero attached hydrogens (tertiary/aromatic N) is 2. The van der Waals surface area contributed by atoms with Gasteiger partial charge in [-0.25, -0.2) is 8.42 Å².